The summed E-state index contributed by atoms with van der Waals surface area (Å²) < 4.78 is 4.88. The topological polar surface area (TPSA) is 41.6 Å². The molecule has 1 N–H and O–H groups in total. The van der Waals surface area contributed by atoms with Crippen LogP contribution in [0.15, 0.2) is 18.2 Å². The smallest absolute Gasteiger partial charge is 0.407 e. The second-order valence-electron chi connectivity index (χ2n) is 5.47. The van der Waals surface area contributed by atoms with Gasteiger partial charge >= 0.3 is 6.09 Å². The molecule has 1 aliphatic heterocycles. The number of rotatable bonds is 4. The van der Waals surface area contributed by atoms with E-state index >= 15 is 0 Å². The molecule has 4 nitrogen and oxygen atoms in total. The van der Waals surface area contributed by atoms with Crippen molar-refractivity contribution < 1.29 is 9.53 Å². The van der Waals surface area contributed by atoms with Gasteiger partial charge in [-0.1, -0.05) is 6.07 Å². The summed E-state index contributed by atoms with van der Waals surface area (Å²) in [7, 11) is 0. The zero-order chi connectivity index (χ0) is 14.5. The molecule has 1 fully saturated rings. The van der Waals surface area contributed by atoms with Crippen molar-refractivity contribution in [1.82, 2.24) is 5.32 Å². The molecule has 4 heteroatoms. The molecule has 20 heavy (non-hydrogen) atoms. The van der Waals surface area contributed by atoms with Gasteiger partial charge in [-0.05, 0) is 56.4 Å². The van der Waals surface area contributed by atoms with E-state index in [1.54, 1.807) is 0 Å². The molecule has 0 saturated carbocycles. The lowest BCUT2D eigenvalue weighted by Gasteiger charge is -2.20. The molecule has 0 aromatic heterocycles. The third-order valence-corrected chi connectivity index (χ3v) is 3.95. The fourth-order valence-electron chi connectivity index (χ4n) is 2.57. The van der Waals surface area contributed by atoms with Crippen LogP contribution >= 0.6 is 0 Å². The van der Waals surface area contributed by atoms with Crippen LogP contribution in [0, 0.1) is 19.8 Å². The Kier molecular flexibility index (Phi) is 4.88. The monoisotopic (exact) mass is 276 g/mol. The van der Waals surface area contributed by atoms with Crippen molar-refractivity contribution in [2.24, 2.45) is 5.92 Å². The van der Waals surface area contributed by atoms with Crippen LogP contribution < -0.4 is 10.2 Å². The average molecular weight is 276 g/mol. The van der Waals surface area contributed by atoms with Crippen molar-refractivity contribution in [1.29, 1.82) is 0 Å². The molecule has 1 aromatic carbocycles. The van der Waals surface area contributed by atoms with Gasteiger partial charge in [0.15, 0.2) is 0 Å². The molecular formula is C16H24N2O2. The summed E-state index contributed by atoms with van der Waals surface area (Å²) in [6, 6.07) is 6.61. The number of alkyl carbamates (subject to hydrolysis) is 1. The maximum atomic E-state index is 11.3. The molecule has 1 saturated heterocycles. The molecule has 0 radical (unpaired) electrons. The Morgan fingerprint density at radius 1 is 1.40 bits per heavy atom. The molecule has 0 bridgehead atoms. The normalized spacial score (nSPS) is 18.1. The van der Waals surface area contributed by atoms with Gasteiger partial charge in [0, 0.05) is 25.3 Å². The summed E-state index contributed by atoms with van der Waals surface area (Å²) in [6.45, 7) is 9.26. The summed E-state index contributed by atoms with van der Waals surface area (Å²) in [6.07, 6.45) is 0.802. The lowest BCUT2D eigenvalue weighted by atomic mass is 10.1. The number of amides is 1. The third kappa shape index (κ3) is 3.65. The molecule has 110 valence electrons. The minimum Gasteiger partial charge on any atom is -0.450 e. The number of carbonyl (C=O) groups excluding carboxylic acids is 1. The summed E-state index contributed by atoms with van der Waals surface area (Å²) in [5, 5.41) is 2.83. The summed E-state index contributed by atoms with van der Waals surface area (Å²) in [5.41, 5.74) is 3.94. The number of ether oxygens (including phenoxy) is 1. The Balaban J connectivity index is 1.85. The Hall–Kier alpha value is -1.71. The summed E-state index contributed by atoms with van der Waals surface area (Å²) >= 11 is 0. The SMILES string of the molecule is CCOC(=O)NCC1CCN(c2ccc(C)c(C)c2)C1. The molecule has 1 aromatic rings. The number of aryl methyl sites for hydroxylation is 2. The van der Waals surface area contributed by atoms with Gasteiger partial charge in [-0.15, -0.1) is 0 Å². The van der Waals surface area contributed by atoms with Gasteiger partial charge in [0.2, 0.25) is 0 Å². The molecule has 1 unspecified atom stereocenters. The predicted octanol–water partition coefficient (Wildman–Crippen LogP) is 2.88. The Morgan fingerprint density at radius 3 is 2.90 bits per heavy atom. The molecule has 1 amide bonds. The zero-order valence-electron chi connectivity index (χ0n) is 12.6. The fourth-order valence-corrected chi connectivity index (χ4v) is 2.57. The summed E-state index contributed by atoms with van der Waals surface area (Å²) in [5.74, 6) is 0.501. The number of hydrogen-bond acceptors (Lipinski definition) is 3. The van der Waals surface area contributed by atoms with Gasteiger partial charge < -0.3 is 15.0 Å². The maximum absolute atomic E-state index is 11.3. The quantitative estimate of drug-likeness (QED) is 0.919. The lowest BCUT2D eigenvalue weighted by molar-refractivity contribution is 0.151. The third-order valence-electron chi connectivity index (χ3n) is 3.95. The fraction of sp³-hybridized carbons (Fsp3) is 0.562. The van der Waals surface area contributed by atoms with Crippen LogP contribution in [0.25, 0.3) is 0 Å². The number of hydrogen-bond donors (Lipinski definition) is 1. The maximum Gasteiger partial charge on any atom is 0.407 e. The second kappa shape index (κ2) is 6.64. The van der Waals surface area contributed by atoms with Crippen LogP contribution in [0.5, 0.6) is 0 Å². The van der Waals surface area contributed by atoms with Crippen molar-refractivity contribution in [3.8, 4) is 0 Å². The van der Waals surface area contributed by atoms with E-state index < -0.39 is 0 Å². The van der Waals surface area contributed by atoms with Crippen molar-refractivity contribution in [2.75, 3.05) is 31.1 Å². The molecule has 0 spiro atoms. The van der Waals surface area contributed by atoms with Crippen molar-refractivity contribution in [3.63, 3.8) is 0 Å². The van der Waals surface area contributed by atoms with Gasteiger partial charge in [-0.2, -0.15) is 0 Å². The van der Waals surface area contributed by atoms with Crippen LogP contribution in [0.4, 0.5) is 10.5 Å². The first kappa shape index (κ1) is 14.7. The zero-order valence-corrected chi connectivity index (χ0v) is 12.6. The van der Waals surface area contributed by atoms with E-state index in [0.717, 1.165) is 19.5 Å². The van der Waals surface area contributed by atoms with E-state index in [-0.39, 0.29) is 6.09 Å². The molecule has 1 heterocycles. The highest BCUT2D eigenvalue weighted by atomic mass is 16.5. The average Bonchev–Trinajstić information content (AvgIpc) is 2.89. The van der Waals surface area contributed by atoms with Crippen molar-refractivity contribution in [2.45, 2.75) is 27.2 Å². The largest absolute Gasteiger partial charge is 0.450 e. The van der Waals surface area contributed by atoms with Crippen LogP contribution in [0.2, 0.25) is 0 Å². The molecule has 1 atom stereocenters. The number of benzene rings is 1. The predicted molar refractivity (Wildman–Crippen MR) is 81.3 cm³/mol. The standard InChI is InChI=1S/C16H24N2O2/c1-4-20-16(19)17-10-14-7-8-18(11-14)15-6-5-12(2)13(3)9-15/h5-6,9,14H,4,7-8,10-11H2,1-3H3,(H,17,19). The van der Waals surface area contributed by atoms with Gasteiger partial charge in [0.25, 0.3) is 0 Å². The van der Waals surface area contributed by atoms with Gasteiger partial charge in [0.05, 0.1) is 6.61 Å². The van der Waals surface area contributed by atoms with Gasteiger partial charge in [0.1, 0.15) is 0 Å². The van der Waals surface area contributed by atoms with Crippen LogP contribution in [0.1, 0.15) is 24.5 Å². The van der Waals surface area contributed by atoms with E-state index in [0.29, 0.717) is 19.1 Å². The number of anilines is 1. The van der Waals surface area contributed by atoms with E-state index in [1.165, 1.54) is 16.8 Å². The Morgan fingerprint density at radius 2 is 2.20 bits per heavy atom. The molecule has 1 aliphatic rings. The van der Waals surface area contributed by atoms with Crippen LogP contribution in [-0.4, -0.2) is 32.3 Å². The first-order valence-electron chi connectivity index (χ1n) is 7.33. The van der Waals surface area contributed by atoms with Crippen LogP contribution in [0.3, 0.4) is 0 Å². The first-order valence-corrected chi connectivity index (χ1v) is 7.33. The van der Waals surface area contributed by atoms with E-state index in [9.17, 15) is 4.79 Å². The molecule has 2 rings (SSSR count). The second-order valence-corrected chi connectivity index (χ2v) is 5.47. The highest BCUT2D eigenvalue weighted by Crippen LogP contribution is 2.25. The minimum atomic E-state index is -0.308. The minimum absolute atomic E-state index is 0.308. The van der Waals surface area contributed by atoms with Gasteiger partial charge in [-0.25, -0.2) is 4.79 Å². The number of carbonyl (C=O) groups is 1. The highest BCUT2D eigenvalue weighted by molar-refractivity contribution is 5.67. The van der Waals surface area contributed by atoms with E-state index in [2.05, 4.69) is 42.3 Å². The van der Waals surface area contributed by atoms with Crippen molar-refractivity contribution in [3.05, 3.63) is 29.3 Å². The lowest BCUT2D eigenvalue weighted by Crippen LogP contribution is -2.31. The molecular weight excluding hydrogens is 252 g/mol. The summed E-state index contributed by atoms with van der Waals surface area (Å²) in [4.78, 5) is 13.7. The molecule has 0 aliphatic carbocycles. The van der Waals surface area contributed by atoms with Gasteiger partial charge in [-0.3, -0.25) is 0 Å². The Labute approximate surface area is 121 Å². The van der Waals surface area contributed by atoms with E-state index in [1.807, 2.05) is 6.92 Å². The van der Waals surface area contributed by atoms with E-state index in [4.69, 9.17) is 4.74 Å². The number of nitrogens with zero attached hydrogens (tertiary/aromatic N) is 1. The first-order chi connectivity index (χ1) is 9.60. The highest BCUT2D eigenvalue weighted by Gasteiger charge is 2.23. The van der Waals surface area contributed by atoms with Crippen molar-refractivity contribution >= 4 is 11.8 Å². The number of nitrogens with one attached hydrogen (secondary N) is 1. The Bertz CT molecular complexity index is 474. The van der Waals surface area contributed by atoms with Crippen LogP contribution in [-0.2, 0) is 4.74 Å².